The monoisotopic (exact) mass is 550 g/mol. The Labute approximate surface area is 231 Å². The molecule has 0 radical (unpaired) electrons. The summed E-state index contributed by atoms with van der Waals surface area (Å²) in [5.41, 5.74) is 1.64. The van der Waals surface area contributed by atoms with Gasteiger partial charge in [-0.3, -0.25) is 14.4 Å². The molecule has 0 unspecified atom stereocenters. The van der Waals surface area contributed by atoms with E-state index >= 15 is 0 Å². The van der Waals surface area contributed by atoms with Crippen LogP contribution in [0.5, 0.6) is 0 Å². The number of para-hydroxylation sites is 1. The van der Waals surface area contributed by atoms with Gasteiger partial charge >= 0.3 is 6.09 Å². The van der Waals surface area contributed by atoms with Crippen molar-refractivity contribution in [1.29, 1.82) is 0 Å². The van der Waals surface area contributed by atoms with Gasteiger partial charge in [0.1, 0.15) is 0 Å². The Balaban J connectivity index is 1.42. The average Bonchev–Trinajstić information content (AvgIpc) is 3.38. The summed E-state index contributed by atoms with van der Waals surface area (Å²) in [6, 6.07) is 16.1. The zero-order valence-electron chi connectivity index (χ0n) is 22.0. The van der Waals surface area contributed by atoms with E-state index in [1.807, 2.05) is 54.6 Å². The summed E-state index contributed by atoms with van der Waals surface area (Å²) in [6.07, 6.45) is 1.85. The van der Waals surface area contributed by atoms with Crippen molar-refractivity contribution in [2.75, 3.05) is 19.6 Å². The molecule has 0 aliphatic carbocycles. The van der Waals surface area contributed by atoms with Crippen molar-refractivity contribution in [2.24, 2.45) is 5.92 Å². The molecule has 1 aliphatic rings. The SMILES string of the molecule is CC(=O)N1CCC[C@@H](C(=O)N[C@@H](CCCCN(Cc2ccccc2)C(=O)O)C(=O)c2nc3ccccc3s2)C1. The van der Waals surface area contributed by atoms with Crippen LogP contribution in [0.15, 0.2) is 54.6 Å². The highest BCUT2D eigenvalue weighted by Crippen LogP contribution is 2.24. The van der Waals surface area contributed by atoms with Crippen molar-refractivity contribution in [3.8, 4) is 0 Å². The van der Waals surface area contributed by atoms with Crippen LogP contribution in [0, 0.1) is 5.92 Å². The topological polar surface area (TPSA) is 120 Å². The van der Waals surface area contributed by atoms with Gasteiger partial charge in [0, 0.05) is 33.1 Å². The number of unbranched alkanes of at least 4 members (excludes halogenated alkanes) is 1. The van der Waals surface area contributed by atoms with E-state index in [1.54, 1.807) is 4.90 Å². The van der Waals surface area contributed by atoms with Crippen molar-refractivity contribution in [1.82, 2.24) is 20.1 Å². The van der Waals surface area contributed by atoms with Crippen molar-refractivity contribution in [3.63, 3.8) is 0 Å². The van der Waals surface area contributed by atoms with Crippen LogP contribution < -0.4 is 5.32 Å². The number of hydrogen-bond acceptors (Lipinski definition) is 6. The molecule has 0 bridgehead atoms. The maximum atomic E-state index is 13.5. The summed E-state index contributed by atoms with van der Waals surface area (Å²) in [5.74, 6) is -0.922. The van der Waals surface area contributed by atoms with E-state index in [0.717, 1.165) is 22.2 Å². The molecule has 1 fully saturated rings. The fourth-order valence-corrected chi connectivity index (χ4v) is 5.82. The van der Waals surface area contributed by atoms with E-state index < -0.39 is 12.1 Å². The quantitative estimate of drug-likeness (QED) is 0.267. The van der Waals surface area contributed by atoms with Crippen LogP contribution in [0.4, 0.5) is 4.79 Å². The first-order valence-corrected chi connectivity index (χ1v) is 14.1. The number of likely N-dealkylation sites (tertiary alicyclic amines) is 1. The van der Waals surface area contributed by atoms with Gasteiger partial charge in [-0.25, -0.2) is 9.78 Å². The molecule has 4 rings (SSSR count). The first-order valence-electron chi connectivity index (χ1n) is 13.3. The molecule has 2 heterocycles. The molecule has 1 saturated heterocycles. The summed E-state index contributed by atoms with van der Waals surface area (Å²) in [6.45, 7) is 3.08. The van der Waals surface area contributed by atoms with Crippen molar-refractivity contribution in [2.45, 2.75) is 51.6 Å². The van der Waals surface area contributed by atoms with Gasteiger partial charge in [0.05, 0.1) is 22.2 Å². The van der Waals surface area contributed by atoms with Gasteiger partial charge in [-0.2, -0.15) is 0 Å². The van der Waals surface area contributed by atoms with E-state index in [9.17, 15) is 24.3 Å². The Hall–Kier alpha value is -3.79. The number of carbonyl (C=O) groups excluding carboxylic acids is 3. The minimum atomic E-state index is -0.999. The molecule has 3 amide bonds. The van der Waals surface area contributed by atoms with Crippen LogP contribution in [0.1, 0.15) is 54.4 Å². The molecule has 1 aromatic heterocycles. The predicted molar refractivity (Wildman–Crippen MR) is 150 cm³/mol. The van der Waals surface area contributed by atoms with Gasteiger partial charge in [-0.1, -0.05) is 42.5 Å². The number of nitrogens with one attached hydrogen (secondary N) is 1. The third kappa shape index (κ3) is 7.63. The zero-order valence-corrected chi connectivity index (χ0v) is 22.9. The summed E-state index contributed by atoms with van der Waals surface area (Å²) >= 11 is 1.30. The molecule has 9 nitrogen and oxygen atoms in total. The van der Waals surface area contributed by atoms with Crippen LogP contribution in [0.3, 0.4) is 0 Å². The fourth-order valence-electron chi connectivity index (χ4n) is 4.86. The average molecular weight is 551 g/mol. The number of carbonyl (C=O) groups is 4. The number of carboxylic acid groups (broad SMARTS) is 1. The maximum absolute atomic E-state index is 13.5. The molecule has 0 saturated carbocycles. The summed E-state index contributed by atoms with van der Waals surface area (Å²) < 4.78 is 0.897. The Morgan fingerprint density at radius 2 is 1.85 bits per heavy atom. The molecule has 0 spiro atoms. The molecule has 39 heavy (non-hydrogen) atoms. The maximum Gasteiger partial charge on any atom is 0.407 e. The second kappa shape index (κ2) is 13.3. The van der Waals surface area contributed by atoms with Crippen molar-refractivity contribution in [3.05, 3.63) is 65.2 Å². The number of amides is 3. The van der Waals surface area contributed by atoms with Gasteiger partial charge in [0.15, 0.2) is 5.01 Å². The van der Waals surface area contributed by atoms with E-state index in [1.165, 1.54) is 23.2 Å². The second-order valence-corrected chi connectivity index (χ2v) is 10.9. The normalized spacial score (nSPS) is 16.0. The highest BCUT2D eigenvalue weighted by molar-refractivity contribution is 7.20. The lowest BCUT2D eigenvalue weighted by Crippen LogP contribution is -2.49. The van der Waals surface area contributed by atoms with Gasteiger partial charge in [0.2, 0.25) is 17.6 Å². The Kier molecular flexibility index (Phi) is 9.64. The number of piperidine rings is 1. The van der Waals surface area contributed by atoms with Crippen molar-refractivity contribution < 1.29 is 24.3 Å². The van der Waals surface area contributed by atoms with E-state index in [4.69, 9.17) is 0 Å². The highest BCUT2D eigenvalue weighted by atomic mass is 32.1. The van der Waals surface area contributed by atoms with E-state index in [2.05, 4.69) is 10.3 Å². The number of fused-ring (bicyclic) bond motifs is 1. The second-order valence-electron chi connectivity index (χ2n) is 9.90. The number of Topliss-reactive ketones (excluding diaryl/α,β-unsaturated/α-hetero) is 1. The lowest BCUT2D eigenvalue weighted by Gasteiger charge is -2.32. The molecule has 1 aliphatic heterocycles. The summed E-state index contributed by atoms with van der Waals surface area (Å²) in [7, 11) is 0. The van der Waals surface area contributed by atoms with E-state index in [0.29, 0.717) is 50.3 Å². The molecule has 2 atom stereocenters. The smallest absolute Gasteiger partial charge is 0.407 e. The Morgan fingerprint density at radius 1 is 1.10 bits per heavy atom. The highest BCUT2D eigenvalue weighted by Gasteiger charge is 2.31. The number of thiazole rings is 1. The number of benzene rings is 2. The molecular formula is C29H34N4O5S. The van der Waals surface area contributed by atoms with Crippen LogP contribution in [-0.4, -0.2) is 69.3 Å². The van der Waals surface area contributed by atoms with Crippen LogP contribution in [0.2, 0.25) is 0 Å². The number of aromatic nitrogens is 1. The van der Waals surface area contributed by atoms with E-state index in [-0.39, 0.29) is 30.1 Å². The Morgan fingerprint density at radius 3 is 2.56 bits per heavy atom. The van der Waals surface area contributed by atoms with Crippen LogP contribution >= 0.6 is 11.3 Å². The number of nitrogens with zero attached hydrogens (tertiary/aromatic N) is 3. The molecular weight excluding hydrogens is 516 g/mol. The summed E-state index contributed by atoms with van der Waals surface area (Å²) in [5, 5.41) is 12.9. The van der Waals surface area contributed by atoms with Crippen LogP contribution in [0.25, 0.3) is 10.2 Å². The first-order chi connectivity index (χ1) is 18.8. The van der Waals surface area contributed by atoms with Gasteiger partial charge < -0.3 is 20.2 Å². The molecule has 206 valence electrons. The number of rotatable bonds is 11. The van der Waals surface area contributed by atoms with Gasteiger partial charge in [-0.05, 0) is 49.8 Å². The predicted octanol–water partition coefficient (Wildman–Crippen LogP) is 4.57. The minimum absolute atomic E-state index is 0.0620. The molecule has 2 N–H and O–H groups in total. The third-order valence-corrected chi connectivity index (χ3v) is 8.08. The third-order valence-electron chi connectivity index (χ3n) is 7.03. The summed E-state index contributed by atoms with van der Waals surface area (Å²) in [4.78, 5) is 57.9. The standard InChI is InChI=1S/C29H34N4O5S/c1-20(34)32-17-9-12-22(19-32)27(36)30-24(26(35)28-31-23-13-5-6-15-25(23)39-28)14-7-8-16-33(29(37)38)18-21-10-3-2-4-11-21/h2-6,10-11,13,15,22,24H,7-9,12,14,16-19H2,1H3,(H,30,36)(H,37,38)/t22-,24+/m1/s1. The van der Waals surface area contributed by atoms with Crippen molar-refractivity contribution >= 4 is 45.2 Å². The molecule has 10 heteroatoms. The first kappa shape index (κ1) is 28.2. The van der Waals surface area contributed by atoms with Crippen LogP contribution in [-0.2, 0) is 16.1 Å². The zero-order chi connectivity index (χ0) is 27.8. The number of ketones is 1. The number of hydrogen-bond donors (Lipinski definition) is 2. The lowest BCUT2D eigenvalue weighted by molar-refractivity contribution is -0.134. The minimum Gasteiger partial charge on any atom is -0.465 e. The lowest BCUT2D eigenvalue weighted by atomic mass is 9.95. The Bertz CT molecular complexity index is 1280. The molecule has 3 aromatic rings. The van der Waals surface area contributed by atoms with Gasteiger partial charge in [0.25, 0.3) is 0 Å². The fraction of sp³-hybridized carbons (Fsp3) is 0.414. The largest absolute Gasteiger partial charge is 0.465 e. The van der Waals surface area contributed by atoms with Gasteiger partial charge in [-0.15, -0.1) is 11.3 Å². The molecule has 2 aromatic carbocycles.